The molecule has 3 aromatic rings. The number of nitrogens with zero attached hydrogens (tertiary/aromatic N) is 2. The van der Waals surface area contributed by atoms with Gasteiger partial charge in [-0.25, -0.2) is 8.42 Å². The molecule has 0 saturated carbocycles. The van der Waals surface area contributed by atoms with E-state index in [2.05, 4.69) is 18.7 Å². The van der Waals surface area contributed by atoms with Crippen LogP contribution in [0.5, 0.6) is 17.2 Å². The Labute approximate surface area is 277 Å². The Bertz CT molecular complexity index is 1550. The highest BCUT2D eigenvalue weighted by Gasteiger charge is 2.49. The molecule has 1 heterocycles. The standard InChI is InChI=1S/C35H46N2O7S2/c1-6-8-19-35(20-9-7-2)25-36(27-12-16-29(43-4)17-13-27)30-22-32(45-5)31(44-21-18-34(38)39)23-33(30)46(40,41)37(35)24-26-10-14-28(42-3)15-11-26/h10-17,22-23H,6-9,18-21,24-25H2,1-5H3,(H,38,39). The highest BCUT2D eigenvalue weighted by Crippen LogP contribution is 2.48. The molecule has 46 heavy (non-hydrogen) atoms. The van der Waals surface area contributed by atoms with Crippen LogP contribution in [-0.2, 0) is 21.4 Å². The molecule has 0 atom stereocenters. The molecule has 0 aromatic heterocycles. The maximum atomic E-state index is 15.2. The molecular formula is C35H46N2O7S2. The van der Waals surface area contributed by atoms with Gasteiger partial charge in [0.15, 0.2) is 0 Å². The molecule has 0 amide bonds. The molecule has 0 spiro atoms. The van der Waals surface area contributed by atoms with E-state index >= 15 is 8.42 Å². The van der Waals surface area contributed by atoms with Crippen molar-refractivity contribution in [1.29, 1.82) is 0 Å². The van der Waals surface area contributed by atoms with E-state index in [9.17, 15) is 9.90 Å². The molecule has 1 aliphatic heterocycles. The third-order valence-electron chi connectivity index (χ3n) is 8.52. The van der Waals surface area contributed by atoms with E-state index in [0.29, 0.717) is 42.3 Å². The Morgan fingerprint density at radius 2 is 1.52 bits per heavy atom. The van der Waals surface area contributed by atoms with E-state index in [4.69, 9.17) is 14.2 Å². The first-order valence-electron chi connectivity index (χ1n) is 15.8. The fourth-order valence-electron chi connectivity index (χ4n) is 5.99. The molecule has 1 aliphatic rings. The van der Waals surface area contributed by atoms with Gasteiger partial charge in [-0.15, -0.1) is 11.8 Å². The summed E-state index contributed by atoms with van der Waals surface area (Å²) in [6.45, 7) is 4.84. The number of hydrogen-bond acceptors (Lipinski definition) is 8. The van der Waals surface area contributed by atoms with Crippen LogP contribution in [0.3, 0.4) is 0 Å². The second-order valence-corrected chi connectivity index (χ2v) is 14.2. The molecule has 250 valence electrons. The average molecular weight is 671 g/mol. The maximum Gasteiger partial charge on any atom is 0.306 e. The van der Waals surface area contributed by atoms with Gasteiger partial charge in [0, 0.05) is 24.8 Å². The molecular weight excluding hydrogens is 625 g/mol. The smallest absolute Gasteiger partial charge is 0.306 e. The molecule has 9 nitrogen and oxygen atoms in total. The van der Waals surface area contributed by atoms with E-state index in [1.54, 1.807) is 24.6 Å². The zero-order valence-electron chi connectivity index (χ0n) is 27.5. The normalized spacial score (nSPS) is 15.5. The number of rotatable bonds is 16. The molecule has 0 aliphatic carbocycles. The molecule has 0 bridgehead atoms. The molecule has 1 N–H and O–H groups in total. The predicted molar refractivity (Wildman–Crippen MR) is 183 cm³/mol. The van der Waals surface area contributed by atoms with Crippen LogP contribution in [0, 0.1) is 0 Å². The Morgan fingerprint density at radius 1 is 0.935 bits per heavy atom. The number of hydrogen-bond donors (Lipinski definition) is 1. The second-order valence-electron chi connectivity index (χ2n) is 11.5. The van der Waals surface area contributed by atoms with Crippen LogP contribution in [0.1, 0.15) is 64.4 Å². The first-order valence-corrected chi connectivity index (χ1v) is 18.4. The molecule has 0 fully saturated rings. The van der Waals surface area contributed by atoms with Gasteiger partial charge in [-0.2, -0.15) is 4.31 Å². The minimum absolute atomic E-state index is 0.0730. The van der Waals surface area contributed by atoms with Crippen molar-refractivity contribution in [2.45, 2.75) is 80.7 Å². The van der Waals surface area contributed by atoms with Gasteiger partial charge in [0.05, 0.1) is 43.4 Å². The number of carboxylic acid groups (broad SMARTS) is 1. The number of benzene rings is 3. The quantitative estimate of drug-likeness (QED) is 0.153. The lowest BCUT2D eigenvalue weighted by Crippen LogP contribution is -2.55. The van der Waals surface area contributed by atoms with Gasteiger partial charge in [0.1, 0.15) is 22.1 Å². The minimum atomic E-state index is -4.11. The SMILES string of the molecule is CCCCC1(CCCC)CN(c2ccc(OC)cc2)c2cc(SC)c(OCCC(=O)O)cc2S(=O)(=O)N1Cc1ccc(OC)cc1. The summed E-state index contributed by atoms with van der Waals surface area (Å²) in [5.41, 5.74) is 1.55. The summed E-state index contributed by atoms with van der Waals surface area (Å²) in [6.07, 6.45) is 6.67. The number of methoxy groups -OCH3 is 2. The number of unbranched alkanes of at least 4 members (excludes halogenated alkanes) is 2. The highest BCUT2D eigenvalue weighted by atomic mass is 32.2. The fraction of sp³-hybridized carbons (Fsp3) is 0.457. The monoisotopic (exact) mass is 670 g/mol. The first kappa shape index (κ1) is 35.4. The van der Waals surface area contributed by atoms with Gasteiger partial charge >= 0.3 is 5.97 Å². The summed E-state index contributed by atoms with van der Waals surface area (Å²) >= 11 is 1.43. The third kappa shape index (κ3) is 7.93. The van der Waals surface area contributed by atoms with Crippen molar-refractivity contribution in [3.63, 3.8) is 0 Å². The van der Waals surface area contributed by atoms with Crippen LogP contribution in [0.25, 0.3) is 0 Å². The van der Waals surface area contributed by atoms with Crippen molar-refractivity contribution in [3.05, 3.63) is 66.2 Å². The Balaban J connectivity index is 2.00. The number of thioether (sulfide) groups is 1. The highest BCUT2D eigenvalue weighted by molar-refractivity contribution is 7.98. The Hall–Kier alpha value is -3.41. The maximum absolute atomic E-state index is 15.2. The van der Waals surface area contributed by atoms with Crippen molar-refractivity contribution in [1.82, 2.24) is 4.31 Å². The van der Waals surface area contributed by atoms with Crippen LogP contribution < -0.4 is 19.1 Å². The van der Waals surface area contributed by atoms with E-state index in [1.807, 2.05) is 60.9 Å². The van der Waals surface area contributed by atoms with Crippen molar-refractivity contribution < 1.29 is 32.5 Å². The number of anilines is 2. The molecule has 0 saturated heterocycles. The fourth-order valence-corrected chi connectivity index (χ4v) is 8.53. The Morgan fingerprint density at radius 3 is 2.04 bits per heavy atom. The van der Waals surface area contributed by atoms with Gasteiger partial charge in [-0.05, 0) is 67.1 Å². The first-order chi connectivity index (χ1) is 22.1. The number of sulfonamides is 1. The largest absolute Gasteiger partial charge is 0.497 e. The van der Waals surface area contributed by atoms with Crippen molar-refractivity contribution in [2.75, 3.05) is 38.5 Å². The lowest BCUT2D eigenvalue weighted by atomic mass is 9.85. The summed E-state index contributed by atoms with van der Waals surface area (Å²) in [5, 5.41) is 9.22. The molecule has 0 radical (unpaired) electrons. The third-order valence-corrected chi connectivity index (χ3v) is 11.3. The van der Waals surface area contributed by atoms with E-state index in [-0.39, 0.29) is 24.5 Å². The van der Waals surface area contributed by atoms with Crippen molar-refractivity contribution in [2.24, 2.45) is 0 Å². The van der Waals surface area contributed by atoms with Gasteiger partial charge in [0.25, 0.3) is 0 Å². The minimum Gasteiger partial charge on any atom is -0.497 e. The molecule has 11 heteroatoms. The lowest BCUT2D eigenvalue weighted by Gasteiger charge is -2.44. The van der Waals surface area contributed by atoms with E-state index in [0.717, 1.165) is 41.8 Å². The zero-order valence-corrected chi connectivity index (χ0v) is 29.1. The van der Waals surface area contributed by atoms with Crippen LogP contribution in [-0.4, -0.2) is 63.0 Å². The van der Waals surface area contributed by atoms with Crippen molar-refractivity contribution in [3.8, 4) is 17.2 Å². The summed E-state index contributed by atoms with van der Waals surface area (Å²) in [7, 11) is -0.882. The van der Waals surface area contributed by atoms with Gasteiger partial charge in [0.2, 0.25) is 10.0 Å². The van der Waals surface area contributed by atoms with Gasteiger partial charge in [-0.1, -0.05) is 51.7 Å². The number of fused-ring (bicyclic) bond motifs is 1. The van der Waals surface area contributed by atoms with Gasteiger partial charge in [-0.3, -0.25) is 4.79 Å². The van der Waals surface area contributed by atoms with Crippen LogP contribution in [0.4, 0.5) is 11.4 Å². The lowest BCUT2D eigenvalue weighted by molar-refractivity contribution is -0.137. The number of carboxylic acids is 1. The molecule has 4 rings (SSSR count). The van der Waals surface area contributed by atoms with Gasteiger partial charge < -0.3 is 24.2 Å². The van der Waals surface area contributed by atoms with Crippen LogP contribution in [0.15, 0.2) is 70.5 Å². The number of ether oxygens (including phenoxy) is 3. The topological polar surface area (TPSA) is 106 Å². The summed E-state index contributed by atoms with van der Waals surface area (Å²) in [5.74, 6) is 0.781. The summed E-state index contributed by atoms with van der Waals surface area (Å²) < 4.78 is 48.9. The number of aliphatic carboxylic acids is 1. The van der Waals surface area contributed by atoms with E-state index in [1.165, 1.54) is 11.8 Å². The molecule has 3 aromatic carbocycles. The summed E-state index contributed by atoms with van der Waals surface area (Å²) in [4.78, 5) is 14.3. The Kier molecular flexibility index (Phi) is 12.3. The molecule has 0 unspecified atom stereocenters. The number of carbonyl (C=O) groups is 1. The average Bonchev–Trinajstić information content (AvgIpc) is 3.13. The van der Waals surface area contributed by atoms with Crippen molar-refractivity contribution >= 4 is 39.1 Å². The van der Waals surface area contributed by atoms with Crippen LogP contribution in [0.2, 0.25) is 0 Å². The zero-order chi connectivity index (χ0) is 33.3. The van der Waals surface area contributed by atoms with Crippen LogP contribution >= 0.6 is 11.8 Å². The second kappa shape index (κ2) is 15.9. The predicted octanol–water partition coefficient (Wildman–Crippen LogP) is 7.74. The summed E-state index contributed by atoms with van der Waals surface area (Å²) in [6, 6.07) is 18.7. The van der Waals surface area contributed by atoms with E-state index < -0.39 is 21.5 Å².